The minimum atomic E-state index is -4.96. The molecular formula is C67H126O17P2. The van der Waals surface area contributed by atoms with Gasteiger partial charge in [0, 0.05) is 25.7 Å². The Morgan fingerprint density at radius 2 is 0.628 bits per heavy atom. The van der Waals surface area contributed by atoms with E-state index in [0.717, 1.165) is 116 Å². The van der Waals surface area contributed by atoms with E-state index in [0.29, 0.717) is 43.4 Å². The largest absolute Gasteiger partial charge is 0.472 e. The number of aliphatic hydroxyl groups is 1. The number of unbranched alkanes of at least 4 members (excludes halogenated alkanes) is 28. The van der Waals surface area contributed by atoms with Crippen LogP contribution in [-0.2, 0) is 65.4 Å². The fourth-order valence-corrected chi connectivity index (χ4v) is 11.0. The first kappa shape index (κ1) is 83.5. The van der Waals surface area contributed by atoms with Gasteiger partial charge in [0.15, 0.2) is 12.2 Å². The zero-order valence-electron chi connectivity index (χ0n) is 55.3. The maximum absolute atomic E-state index is 13.0. The van der Waals surface area contributed by atoms with E-state index in [-0.39, 0.29) is 25.7 Å². The van der Waals surface area contributed by atoms with Crippen molar-refractivity contribution >= 4 is 39.5 Å². The van der Waals surface area contributed by atoms with E-state index in [1.807, 2.05) is 0 Å². The fraction of sp³-hybridized carbons (Fsp3) is 0.881. The predicted molar refractivity (Wildman–Crippen MR) is 344 cm³/mol. The fourth-order valence-electron chi connectivity index (χ4n) is 9.47. The monoisotopic (exact) mass is 1260 g/mol. The molecule has 0 aromatic heterocycles. The summed E-state index contributed by atoms with van der Waals surface area (Å²) in [6.07, 6.45) is 42.7. The first-order chi connectivity index (χ1) is 41.2. The lowest BCUT2D eigenvalue weighted by molar-refractivity contribution is -0.161. The number of hydrogen-bond acceptors (Lipinski definition) is 15. The standard InChI is InChI=1S/C67H126O17P2/c1-8-9-10-11-12-13-14-15-16-17-18-19-27-36-43-50-66(71)83-62(54-77-64(69)48-41-34-29-22-25-32-39-46-59(4)5)56-81-85(73,74)79-52-61(68)53-80-86(75,76)82-57-63(55-78-65(70)49-42-35-30-23-26-33-40-47-60(6)7)84-67(72)51-44-37-28-21-20-24-31-38-45-58(2)3/h13-16,58-63,68H,8-12,17-57H2,1-7H3,(H,73,74)(H,75,76)/b14-13-,16-15-/t61?,62-,63-/m1/s1. The van der Waals surface area contributed by atoms with E-state index in [9.17, 15) is 43.2 Å². The van der Waals surface area contributed by atoms with Crippen LogP contribution in [0.3, 0.4) is 0 Å². The van der Waals surface area contributed by atoms with Gasteiger partial charge in [-0.2, -0.15) is 0 Å². The van der Waals surface area contributed by atoms with Crippen molar-refractivity contribution in [1.82, 2.24) is 0 Å². The van der Waals surface area contributed by atoms with Crippen molar-refractivity contribution in [2.75, 3.05) is 39.6 Å². The maximum atomic E-state index is 13.0. The van der Waals surface area contributed by atoms with Crippen molar-refractivity contribution in [2.45, 2.75) is 324 Å². The molecule has 5 atom stereocenters. The molecule has 0 radical (unpaired) electrons. The molecule has 17 nitrogen and oxygen atoms in total. The van der Waals surface area contributed by atoms with Gasteiger partial charge in [-0.05, 0) is 69.1 Å². The van der Waals surface area contributed by atoms with Crippen LogP contribution < -0.4 is 0 Å². The highest BCUT2D eigenvalue weighted by molar-refractivity contribution is 7.47. The van der Waals surface area contributed by atoms with E-state index in [2.05, 4.69) is 72.8 Å². The second kappa shape index (κ2) is 57.7. The van der Waals surface area contributed by atoms with Crippen molar-refractivity contribution in [2.24, 2.45) is 17.8 Å². The lowest BCUT2D eigenvalue weighted by Gasteiger charge is -2.21. The van der Waals surface area contributed by atoms with Crippen molar-refractivity contribution in [3.63, 3.8) is 0 Å². The van der Waals surface area contributed by atoms with Gasteiger partial charge >= 0.3 is 39.5 Å². The molecule has 0 bridgehead atoms. The van der Waals surface area contributed by atoms with Gasteiger partial charge in [-0.3, -0.25) is 37.3 Å². The van der Waals surface area contributed by atoms with Gasteiger partial charge in [0.05, 0.1) is 26.4 Å². The molecule has 0 spiro atoms. The Labute approximate surface area is 522 Å². The molecule has 0 fully saturated rings. The molecule has 0 aliphatic heterocycles. The summed E-state index contributed by atoms with van der Waals surface area (Å²) in [5.74, 6) is -0.0437. The normalized spacial score (nSPS) is 14.5. The molecule has 0 amide bonds. The molecular weight excluding hydrogens is 1140 g/mol. The SMILES string of the molecule is CCCCCC/C=C\C=C/CCCCCCCC(=O)O[C@H](COC(=O)CCCCCCCCCC(C)C)COP(=O)(O)OCC(O)COP(=O)(O)OC[C@@H](COC(=O)CCCCCCCCCC(C)C)OC(=O)CCCCCCCCCCC(C)C. The number of phosphoric acid groups is 2. The number of esters is 4. The summed E-state index contributed by atoms with van der Waals surface area (Å²) in [6, 6.07) is 0. The molecule has 86 heavy (non-hydrogen) atoms. The van der Waals surface area contributed by atoms with Gasteiger partial charge in [0.2, 0.25) is 0 Å². The van der Waals surface area contributed by atoms with Gasteiger partial charge in [-0.15, -0.1) is 0 Å². The van der Waals surface area contributed by atoms with E-state index in [4.69, 9.17) is 37.0 Å². The summed E-state index contributed by atoms with van der Waals surface area (Å²) >= 11 is 0. The second-order valence-corrected chi connectivity index (χ2v) is 27.9. The predicted octanol–water partition coefficient (Wildman–Crippen LogP) is 18.2. The zero-order valence-corrected chi connectivity index (χ0v) is 57.0. The van der Waals surface area contributed by atoms with E-state index < -0.39 is 97.5 Å². The highest BCUT2D eigenvalue weighted by Gasteiger charge is 2.30. The zero-order chi connectivity index (χ0) is 63.8. The number of hydrogen-bond donors (Lipinski definition) is 3. The minimum absolute atomic E-state index is 0.0835. The third-order valence-corrected chi connectivity index (χ3v) is 16.7. The Bertz CT molecular complexity index is 1790. The van der Waals surface area contributed by atoms with Crippen molar-refractivity contribution in [3.05, 3.63) is 24.3 Å². The van der Waals surface area contributed by atoms with Crippen molar-refractivity contribution in [1.29, 1.82) is 0 Å². The van der Waals surface area contributed by atoms with Crippen LogP contribution in [0.5, 0.6) is 0 Å². The number of allylic oxidation sites excluding steroid dienone is 4. The first-order valence-corrected chi connectivity index (χ1v) is 37.2. The van der Waals surface area contributed by atoms with Crippen LogP contribution in [0.4, 0.5) is 0 Å². The van der Waals surface area contributed by atoms with E-state index in [1.54, 1.807) is 0 Å². The number of phosphoric ester groups is 2. The Kier molecular flexibility index (Phi) is 56.0. The highest BCUT2D eigenvalue weighted by atomic mass is 31.2. The van der Waals surface area contributed by atoms with Gasteiger partial charge in [-0.1, -0.05) is 253 Å². The Balaban J connectivity index is 5.28. The quantitative estimate of drug-likeness (QED) is 0.0169. The number of aliphatic hydroxyl groups excluding tert-OH is 1. The van der Waals surface area contributed by atoms with E-state index in [1.165, 1.54) is 89.9 Å². The third-order valence-electron chi connectivity index (χ3n) is 14.8. The number of carbonyl (C=O) groups is 4. The molecule has 0 aliphatic rings. The summed E-state index contributed by atoms with van der Waals surface area (Å²) in [4.78, 5) is 72.3. The molecule has 0 aromatic carbocycles. The van der Waals surface area contributed by atoms with Gasteiger partial charge in [0.25, 0.3) is 0 Å². The smallest absolute Gasteiger partial charge is 0.462 e. The third kappa shape index (κ3) is 60.5. The van der Waals surface area contributed by atoms with Crippen molar-refractivity contribution < 1.29 is 80.2 Å². The molecule has 0 saturated carbocycles. The summed E-state index contributed by atoms with van der Waals surface area (Å²) in [5, 5.41) is 10.6. The average Bonchev–Trinajstić information content (AvgIpc) is 3.68. The van der Waals surface area contributed by atoms with Crippen molar-refractivity contribution in [3.8, 4) is 0 Å². The molecule has 3 N–H and O–H groups in total. The van der Waals surface area contributed by atoms with Crippen LogP contribution in [0.1, 0.15) is 305 Å². The van der Waals surface area contributed by atoms with Gasteiger partial charge in [-0.25, -0.2) is 9.13 Å². The summed E-state index contributed by atoms with van der Waals surface area (Å²) in [6.45, 7) is 11.6. The molecule has 0 heterocycles. The summed E-state index contributed by atoms with van der Waals surface area (Å²) in [5.41, 5.74) is 0. The van der Waals surface area contributed by atoms with Crippen LogP contribution in [0.2, 0.25) is 0 Å². The van der Waals surface area contributed by atoms with Gasteiger partial charge < -0.3 is 33.8 Å². The van der Waals surface area contributed by atoms with E-state index >= 15 is 0 Å². The topological polar surface area (TPSA) is 237 Å². The number of rotatable bonds is 63. The first-order valence-electron chi connectivity index (χ1n) is 34.2. The molecule has 506 valence electrons. The minimum Gasteiger partial charge on any atom is -0.462 e. The molecule has 3 unspecified atom stereocenters. The van der Waals surface area contributed by atoms with Crippen LogP contribution in [0, 0.1) is 17.8 Å². The molecule has 0 aromatic rings. The lowest BCUT2D eigenvalue weighted by atomic mass is 10.0. The van der Waals surface area contributed by atoms with Crippen LogP contribution in [0.25, 0.3) is 0 Å². The number of ether oxygens (including phenoxy) is 4. The molecule has 0 saturated heterocycles. The highest BCUT2D eigenvalue weighted by Crippen LogP contribution is 2.45. The molecule has 0 rings (SSSR count). The Hall–Kier alpha value is -2.46. The second-order valence-electron chi connectivity index (χ2n) is 25.0. The van der Waals surface area contributed by atoms with Crippen LogP contribution in [-0.4, -0.2) is 96.7 Å². The van der Waals surface area contributed by atoms with Gasteiger partial charge in [0.1, 0.15) is 19.3 Å². The van der Waals surface area contributed by atoms with Crippen LogP contribution in [0.15, 0.2) is 24.3 Å². The maximum Gasteiger partial charge on any atom is 0.472 e. The summed E-state index contributed by atoms with van der Waals surface area (Å²) < 4.78 is 68.0. The average molecular weight is 1270 g/mol. The number of carbonyl (C=O) groups excluding carboxylic acids is 4. The molecule has 19 heteroatoms. The van der Waals surface area contributed by atoms with Crippen LogP contribution >= 0.6 is 15.6 Å². The Morgan fingerprint density at radius 1 is 0.360 bits per heavy atom. The summed E-state index contributed by atoms with van der Waals surface area (Å²) in [7, 11) is -9.91. The lowest BCUT2D eigenvalue weighted by Crippen LogP contribution is -2.30. The molecule has 0 aliphatic carbocycles. The Morgan fingerprint density at radius 3 is 0.942 bits per heavy atom.